The van der Waals surface area contributed by atoms with Gasteiger partial charge in [0.05, 0.1) is 8.22 Å². The van der Waals surface area contributed by atoms with Crippen molar-refractivity contribution in [3.8, 4) is 0 Å². The number of benzene rings is 3. The maximum absolute atomic E-state index is 8.27. The van der Waals surface area contributed by atoms with Crippen LogP contribution in [0.5, 0.6) is 0 Å². The average molecular weight is 268 g/mol. The third kappa shape index (κ3) is 2.75. The Morgan fingerprint density at radius 3 is 1.00 bits per heavy atom. The highest BCUT2D eigenvalue weighted by molar-refractivity contribution is 7.79. The predicted octanol–water partition coefficient (Wildman–Crippen LogP) is 3.44. The fourth-order valence-electron chi connectivity index (χ4n) is 1.75. The molecule has 0 aromatic heterocycles. The average Bonchev–Trinajstić information content (AvgIpc) is 2.53. The van der Waals surface area contributed by atoms with Gasteiger partial charge < -0.3 is 0 Å². The van der Waals surface area contributed by atoms with Gasteiger partial charge in [0.1, 0.15) is 0 Å². The van der Waals surface area contributed by atoms with Gasteiger partial charge in [0.2, 0.25) is 0 Å². The van der Waals surface area contributed by atoms with Crippen molar-refractivity contribution in [2.24, 2.45) is 0 Å². The van der Waals surface area contributed by atoms with Gasteiger partial charge >= 0.3 is 0 Å². The Morgan fingerprint density at radius 1 is 0.474 bits per heavy atom. The second-order valence-corrected chi connectivity index (χ2v) is 5.84. The van der Waals surface area contributed by atoms with Gasteiger partial charge in [-0.25, -0.2) is 0 Å². The zero-order valence-corrected chi connectivity index (χ0v) is 11.0. The van der Waals surface area contributed by atoms with Crippen LogP contribution in [-0.2, 0) is 0 Å². The van der Waals surface area contributed by atoms with Gasteiger partial charge in [-0.1, -0.05) is 90.9 Å². The van der Waals surface area contributed by atoms with Gasteiger partial charge in [0, 0.05) is 0 Å². The Morgan fingerprint density at radius 2 is 0.737 bits per heavy atom. The van der Waals surface area contributed by atoms with Crippen molar-refractivity contribution in [3.63, 3.8) is 0 Å². The fourth-order valence-corrected chi connectivity index (χ4v) is 3.65. The van der Waals surface area contributed by atoms with Gasteiger partial charge in [-0.2, -0.15) is 0 Å². The summed E-state index contributed by atoms with van der Waals surface area (Å²) in [7, 11) is -1.70. The Labute approximate surface area is 123 Å². The minimum atomic E-state index is -1.70. The monoisotopic (exact) mass is 268 g/mol. The van der Waals surface area contributed by atoms with Crippen molar-refractivity contribution >= 4 is 23.8 Å². The highest BCUT2D eigenvalue weighted by Crippen LogP contribution is 2.32. The zero-order chi connectivity index (χ0) is 18.1. The summed E-state index contributed by atoms with van der Waals surface area (Å²) in [6, 6.07) is 15.0. The molecule has 0 amide bonds. The van der Waals surface area contributed by atoms with Crippen molar-refractivity contribution in [3.05, 3.63) is 90.9 Å². The molecule has 0 spiro atoms. The molecule has 0 unspecified atom stereocenters. The zero-order valence-electron chi connectivity index (χ0n) is 16.1. The van der Waals surface area contributed by atoms with E-state index in [2.05, 4.69) is 0 Å². The van der Waals surface area contributed by atoms with E-state index in [4.69, 9.17) is 8.22 Å². The van der Waals surface area contributed by atoms with Crippen LogP contribution in [0.4, 0.5) is 0 Å². The van der Waals surface area contributed by atoms with Crippen molar-refractivity contribution in [1.82, 2.24) is 0 Å². The minimum absolute atomic E-state index is 0.129. The maximum atomic E-state index is 8.27. The number of rotatable bonds is 3. The van der Waals surface area contributed by atoms with E-state index in [1.165, 1.54) is 0 Å². The lowest BCUT2D eigenvalue weighted by Gasteiger charge is -2.18. The molecule has 3 aromatic carbocycles. The summed E-state index contributed by atoms with van der Waals surface area (Å²) in [6.45, 7) is 0. The molecule has 0 aliphatic heterocycles. The van der Waals surface area contributed by atoms with Gasteiger partial charge in [-0.05, 0) is 23.8 Å². The second kappa shape index (κ2) is 5.82. The van der Waals surface area contributed by atoms with Crippen LogP contribution < -0.4 is 15.9 Å². The van der Waals surface area contributed by atoms with Crippen LogP contribution in [-0.4, -0.2) is 0 Å². The molecule has 19 heavy (non-hydrogen) atoms. The predicted molar refractivity (Wildman–Crippen MR) is 85.1 cm³/mol. The third-order valence-electron chi connectivity index (χ3n) is 2.57. The lowest BCUT2D eigenvalue weighted by Crippen LogP contribution is -2.20. The summed E-state index contributed by atoms with van der Waals surface area (Å²) in [5.74, 6) is 0. The third-order valence-corrected chi connectivity index (χ3v) is 4.68. The highest BCUT2D eigenvalue weighted by atomic mass is 31.1. The first-order valence-corrected chi connectivity index (χ1v) is 7.24. The second-order valence-electron chi connectivity index (χ2n) is 3.82. The molecule has 0 aliphatic carbocycles. The number of hydrogen-bond donors (Lipinski definition) is 0. The van der Waals surface area contributed by atoms with Crippen LogP contribution in [0.25, 0.3) is 0 Å². The summed E-state index contributed by atoms with van der Waals surface area (Å²) in [5.41, 5.74) is 0. The van der Waals surface area contributed by atoms with E-state index in [1.54, 1.807) is 54.6 Å². The van der Waals surface area contributed by atoms with Crippen LogP contribution >= 0.6 is 7.92 Å². The Hall–Kier alpha value is -1.91. The largest absolute Gasteiger partial charge is 0.0630 e. The van der Waals surface area contributed by atoms with Crippen molar-refractivity contribution < 1.29 is 8.22 Å². The van der Waals surface area contributed by atoms with Crippen LogP contribution in [0.3, 0.4) is 0 Å². The van der Waals surface area contributed by atoms with Gasteiger partial charge in [0.25, 0.3) is 0 Å². The minimum Gasteiger partial charge on any atom is -0.0622 e. The maximum Gasteiger partial charge on any atom is 0.0630 e. The first kappa shape index (κ1) is 7.03. The normalized spacial score (nSPS) is 15.0. The molecule has 0 aliphatic rings. The van der Waals surface area contributed by atoms with Crippen molar-refractivity contribution in [2.45, 2.75) is 0 Å². The molecule has 0 fully saturated rings. The van der Waals surface area contributed by atoms with Crippen LogP contribution in [0, 0.1) is 0 Å². The Balaban J connectivity index is 2.42. The molecule has 0 saturated heterocycles. The quantitative estimate of drug-likeness (QED) is 0.638. The Kier molecular flexibility index (Phi) is 2.15. The lowest BCUT2D eigenvalue weighted by atomic mass is 10.4. The van der Waals surface area contributed by atoms with E-state index in [0.29, 0.717) is 15.9 Å². The molecule has 0 heterocycles. The van der Waals surface area contributed by atoms with Gasteiger partial charge in [-0.15, -0.1) is 0 Å². The first-order valence-electron chi connectivity index (χ1n) is 8.90. The van der Waals surface area contributed by atoms with Gasteiger partial charge in [0.15, 0.2) is 0 Å². The van der Waals surface area contributed by atoms with Crippen LogP contribution in [0.1, 0.15) is 8.22 Å². The molecule has 0 N–H and O–H groups in total. The van der Waals surface area contributed by atoms with E-state index >= 15 is 0 Å². The molecule has 3 aromatic rings. The Bertz CT molecular complexity index is 758. The molecule has 0 radical (unpaired) electrons. The molecule has 92 valence electrons. The summed E-state index contributed by atoms with van der Waals surface area (Å²) >= 11 is 0. The van der Waals surface area contributed by atoms with E-state index in [1.807, 2.05) is 0 Å². The van der Waals surface area contributed by atoms with E-state index in [0.717, 1.165) is 0 Å². The highest BCUT2D eigenvalue weighted by Gasteiger charge is 2.14. The molecule has 0 nitrogen and oxygen atoms in total. The summed E-state index contributed by atoms with van der Waals surface area (Å²) in [6.07, 6.45) is 0. The standard InChI is InChI=1S/C18H15P/c1-4-10-16(11-5-1)19(17-12-6-2-7-13-17)18-14-8-3-9-15-18/h1-15H/i10D,11D,12D,13D,14D,15D. The summed E-state index contributed by atoms with van der Waals surface area (Å²) in [5, 5.41) is 1.12. The topological polar surface area (TPSA) is 0 Å². The number of hydrogen-bond acceptors (Lipinski definition) is 0. The molecule has 0 bridgehead atoms. The van der Waals surface area contributed by atoms with Crippen molar-refractivity contribution in [1.29, 1.82) is 0 Å². The molecule has 0 saturated carbocycles. The molecule has 0 atom stereocenters. The molecule has 1 heteroatoms. The summed E-state index contributed by atoms with van der Waals surface area (Å²) < 4.78 is 49.6. The SMILES string of the molecule is [2H]c1cccc([2H])c1P(c1c([2H])cccc1[2H])c1c([2H])cccc1[2H]. The smallest absolute Gasteiger partial charge is 0.0622 e. The lowest BCUT2D eigenvalue weighted by molar-refractivity contribution is 1.74. The summed E-state index contributed by atoms with van der Waals surface area (Å²) in [4.78, 5) is 0. The van der Waals surface area contributed by atoms with E-state index in [-0.39, 0.29) is 36.3 Å². The molecular formula is C18H15P. The molecule has 3 rings (SSSR count). The van der Waals surface area contributed by atoms with Crippen LogP contribution in [0.2, 0.25) is 0 Å². The van der Waals surface area contributed by atoms with E-state index < -0.39 is 7.92 Å². The van der Waals surface area contributed by atoms with Crippen molar-refractivity contribution in [2.75, 3.05) is 0 Å². The fraction of sp³-hybridized carbons (Fsp3) is 0. The molecular weight excluding hydrogens is 247 g/mol. The van der Waals surface area contributed by atoms with Crippen LogP contribution in [0.15, 0.2) is 90.9 Å². The van der Waals surface area contributed by atoms with E-state index in [9.17, 15) is 0 Å². The first-order chi connectivity index (χ1) is 11.9. The van der Waals surface area contributed by atoms with Gasteiger partial charge in [-0.3, -0.25) is 0 Å².